The molecule has 0 amide bonds. The zero-order valence-corrected chi connectivity index (χ0v) is 16.4. The normalized spacial score (nSPS) is 12.1. The lowest BCUT2D eigenvalue weighted by Gasteiger charge is -2.20. The van der Waals surface area contributed by atoms with Crippen LogP contribution in [0.15, 0.2) is 54.6 Å². The zero-order chi connectivity index (χ0) is 20.1. The summed E-state index contributed by atoms with van der Waals surface area (Å²) >= 11 is 5.87. The third-order valence-corrected chi connectivity index (χ3v) is 4.59. The number of aliphatic hydroxyl groups is 1. The molecule has 5 nitrogen and oxygen atoms in total. The summed E-state index contributed by atoms with van der Waals surface area (Å²) in [6.45, 7) is 3.98. The van der Waals surface area contributed by atoms with Crippen molar-refractivity contribution < 1.29 is 9.50 Å². The van der Waals surface area contributed by atoms with E-state index in [2.05, 4.69) is 20.6 Å². The highest BCUT2D eigenvalue weighted by Gasteiger charge is 2.15. The van der Waals surface area contributed by atoms with E-state index in [1.165, 1.54) is 12.1 Å². The van der Waals surface area contributed by atoms with Crippen molar-refractivity contribution in [3.8, 4) is 11.3 Å². The van der Waals surface area contributed by atoms with E-state index < -0.39 is 5.82 Å². The lowest BCUT2D eigenvalue weighted by molar-refractivity contribution is 0.248. The molecule has 0 radical (unpaired) electrons. The molecule has 1 heterocycles. The van der Waals surface area contributed by atoms with Crippen LogP contribution in [0.25, 0.3) is 11.3 Å². The molecule has 2 aromatic carbocycles. The van der Waals surface area contributed by atoms with Crippen LogP contribution in [0.2, 0.25) is 5.02 Å². The average molecular weight is 401 g/mol. The lowest BCUT2D eigenvalue weighted by atomic mass is 10.1. The van der Waals surface area contributed by atoms with E-state index in [9.17, 15) is 9.50 Å². The Morgan fingerprint density at radius 2 is 1.82 bits per heavy atom. The summed E-state index contributed by atoms with van der Waals surface area (Å²) in [6.07, 6.45) is 0. The fourth-order valence-electron chi connectivity index (χ4n) is 2.64. The molecule has 0 aliphatic heterocycles. The van der Waals surface area contributed by atoms with Gasteiger partial charge in [-0.05, 0) is 24.1 Å². The minimum Gasteiger partial charge on any atom is -0.394 e. The predicted octanol–water partition coefficient (Wildman–Crippen LogP) is 5.11. The van der Waals surface area contributed by atoms with Gasteiger partial charge in [-0.1, -0.05) is 55.8 Å². The Kier molecular flexibility index (Phi) is 6.44. The average Bonchev–Trinajstić information content (AvgIpc) is 2.69. The molecule has 0 unspecified atom stereocenters. The third kappa shape index (κ3) is 4.97. The van der Waals surface area contributed by atoms with Gasteiger partial charge in [0.1, 0.15) is 11.6 Å². The SMILES string of the molecule is CC(C)[C@@H](CO)Nc1nc(Nc2ccc(F)c(Cl)c2)cc(-c2ccccc2)n1. The number of nitrogens with one attached hydrogen (secondary N) is 2. The maximum atomic E-state index is 13.4. The predicted molar refractivity (Wildman–Crippen MR) is 111 cm³/mol. The van der Waals surface area contributed by atoms with Crippen molar-refractivity contribution in [2.75, 3.05) is 17.2 Å². The second kappa shape index (κ2) is 8.99. The molecule has 146 valence electrons. The number of halogens is 2. The van der Waals surface area contributed by atoms with Crippen LogP contribution >= 0.6 is 11.6 Å². The monoisotopic (exact) mass is 400 g/mol. The van der Waals surface area contributed by atoms with Crippen molar-refractivity contribution in [3.05, 3.63) is 65.4 Å². The van der Waals surface area contributed by atoms with E-state index in [1.807, 2.05) is 44.2 Å². The molecule has 3 aromatic rings. The van der Waals surface area contributed by atoms with Crippen LogP contribution in [0.3, 0.4) is 0 Å². The van der Waals surface area contributed by atoms with Crippen molar-refractivity contribution in [2.24, 2.45) is 5.92 Å². The van der Waals surface area contributed by atoms with Gasteiger partial charge in [0.2, 0.25) is 5.95 Å². The first-order chi connectivity index (χ1) is 13.5. The fraction of sp³-hybridized carbons (Fsp3) is 0.238. The molecule has 3 rings (SSSR count). The minimum atomic E-state index is -0.482. The number of anilines is 3. The highest BCUT2D eigenvalue weighted by molar-refractivity contribution is 6.31. The first kappa shape index (κ1) is 20.0. The second-order valence-corrected chi connectivity index (χ2v) is 7.17. The van der Waals surface area contributed by atoms with Crippen LogP contribution in [-0.4, -0.2) is 27.7 Å². The van der Waals surface area contributed by atoms with Crippen LogP contribution < -0.4 is 10.6 Å². The molecule has 0 saturated carbocycles. The Balaban J connectivity index is 1.97. The quantitative estimate of drug-likeness (QED) is 0.514. The molecule has 28 heavy (non-hydrogen) atoms. The molecule has 7 heteroatoms. The molecule has 0 saturated heterocycles. The summed E-state index contributed by atoms with van der Waals surface area (Å²) < 4.78 is 13.4. The Morgan fingerprint density at radius 1 is 1.07 bits per heavy atom. The molecule has 0 aliphatic rings. The number of nitrogens with zero attached hydrogens (tertiary/aromatic N) is 2. The van der Waals surface area contributed by atoms with Crippen LogP contribution in [0.1, 0.15) is 13.8 Å². The molecule has 0 bridgehead atoms. The van der Waals surface area contributed by atoms with Gasteiger partial charge >= 0.3 is 0 Å². The summed E-state index contributed by atoms with van der Waals surface area (Å²) in [7, 11) is 0. The molecule has 0 spiro atoms. The first-order valence-electron chi connectivity index (χ1n) is 9.00. The molecule has 1 aromatic heterocycles. The van der Waals surface area contributed by atoms with E-state index in [0.717, 1.165) is 5.56 Å². The lowest BCUT2D eigenvalue weighted by Crippen LogP contribution is -2.30. The number of rotatable bonds is 7. The third-order valence-electron chi connectivity index (χ3n) is 4.30. The minimum absolute atomic E-state index is 0.0286. The van der Waals surface area contributed by atoms with Crippen molar-refractivity contribution in [1.29, 1.82) is 0 Å². The van der Waals surface area contributed by atoms with E-state index in [4.69, 9.17) is 11.6 Å². The molecular weight excluding hydrogens is 379 g/mol. The van der Waals surface area contributed by atoms with Crippen molar-refractivity contribution in [2.45, 2.75) is 19.9 Å². The molecule has 0 fully saturated rings. The molecular formula is C21H22ClFN4O. The Hall–Kier alpha value is -2.70. The van der Waals surface area contributed by atoms with E-state index >= 15 is 0 Å². The van der Waals surface area contributed by atoms with Gasteiger partial charge < -0.3 is 15.7 Å². The van der Waals surface area contributed by atoms with Gasteiger partial charge in [-0.3, -0.25) is 0 Å². The number of hydrogen-bond donors (Lipinski definition) is 3. The molecule has 1 atom stereocenters. The van der Waals surface area contributed by atoms with Gasteiger partial charge in [0.25, 0.3) is 0 Å². The van der Waals surface area contributed by atoms with E-state index in [-0.39, 0.29) is 23.6 Å². The number of benzene rings is 2. The summed E-state index contributed by atoms with van der Waals surface area (Å²) in [5, 5.41) is 16.0. The van der Waals surface area contributed by atoms with Crippen molar-refractivity contribution >= 4 is 29.1 Å². The van der Waals surface area contributed by atoms with Gasteiger partial charge in [0, 0.05) is 17.3 Å². The van der Waals surface area contributed by atoms with Gasteiger partial charge in [0.15, 0.2) is 0 Å². The van der Waals surface area contributed by atoms with Crippen LogP contribution in [0.5, 0.6) is 0 Å². The Labute approximate surface area is 168 Å². The van der Waals surface area contributed by atoms with Gasteiger partial charge in [0.05, 0.1) is 23.4 Å². The highest BCUT2D eigenvalue weighted by atomic mass is 35.5. The van der Waals surface area contributed by atoms with Gasteiger partial charge in [-0.15, -0.1) is 0 Å². The molecule has 3 N–H and O–H groups in total. The van der Waals surface area contributed by atoms with Gasteiger partial charge in [-0.25, -0.2) is 9.37 Å². The summed E-state index contributed by atoms with van der Waals surface area (Å²) in [6, 6.07) is 15.7. The summed E-state index contributed by atoms with van der Waals surface area (Å²) in [5.74, 6) is 0.635. The highest BCUT2D eigenvalue weighted by Crippen LogP contribution is 2.26. The summed E-state index contributed by atoms with van der Waals surface area (Å²) in [4.78, 5) is 9.08. The fourth-order valence-corrected chi connectivity index (χ4v) is 2.82. The Bertz CT molecular complexity index is 937. The number of hydrogen-bond acceptors (Lipinski definition) is 5. The van der Waals surface area contributed by atoms with E-state index in [1.54, 1.807) is 12.1 Å². The van der Waals surface area contributed by atoms with Gasteiger partial charge in [-0.2, -0.15) is 4.98 Å². The second-order valence-electron chi connectivity index (χ2n) is 6.76. The maximum Gasteiger partial charge on any atom is 0.225 e. The smallest absolute Gasteiger partial charge is 0.225 e. The Morgan fingerprint density at radius 3 is 2.46 bits per heavy atom. The molecule has 0 aliphatic carbocycles. The number of aromatic nitrogens is 2. The number of aliphatic hydroxyl groups excluding tert-OH is 1. The van der Waals surface area contributed by atoms with Crippen LogP contribution in [0, 0.1) is 11.7 Å². The largest absolute Gasteiger partial charge is 0.394 e. The van der Waals surface area contributed by atoms with E-state index in [0.29, 0.717) is 23.1 Å². The zero-order valence-electron chi connectivity index (χ0n) is 15.7. The van der Waals surface area contributed by atoms with Crippen molar-refractivity contribution in [1.82, 2.24) is 9.97 Å². The first-order valence-corrected chi connectivity index (χ1v) is 9.38. The van der Waals surface area contributed by atoms with Crippen LogP contribution in [0.4, 0.5) is 21.8 Å². The van der Waals surface area contributed by atoms with Crippen LogP contribution in [-0.2, 0) is 0 Å². The summed E-state index contributed by atoms with van der Waals surface area (Å²) in [5.41, 5.74) is 2.25. The maximum absolute atomic E-state index is 13.4. The standard InChI is InChI=1S/C21H22ClFN4O/c1-13(2)19(12-28)26-21-25-18(14-6-4-3-5-7-14)11-20(27-21)24-15-8-9-17(23)16(22)10-15/h3-11,13,19,28H,12H2,1-2H3,(H2,24,25,26,27)/t19-/m1/s1. The topological polar surface area (TPSA) is 70.1 Å². The van der Waals surface area contributed by atoms with Crippen molar-refractivity contribution in [3.63, 3.8) is 0 Å².